The maximum absolute atomic E-state index is 5.24. The lowest BCUT2D eigenvalue weighted by Crippen LogP contribution is -2.41. The highest BCUT2D eigenvalue weighted by Crippen LogP contribution is 2.12. The molecule has 0 saturated carbocycles. The predicted octanol–water partition coefficient (Wildman–Crippen LogP) is 1.33. The summed E-state index contributed by atoms with van der Waals surface area (Å²) in [6.45, 7) is 6.97. The van der Waals surface area contributed by atoms with Gasteiger partial charge in [-0.05, 0) is 31.7 Å². The van der Waals surface area contributed by atoms with E-state index >= 15 is 0 Å². The van der Waals surface area contributed by atoms with Crippen LogP contribution in [0.25, 0.3) is 0 Å². The molecule has 0 fully saturated rings. The number of methoxy groups -OCH3 is 2. The number of guanidine groups is 1. The molecule has 0 spiro atoms. The van der Waals surface area contributed by atoms with Gasteiger partial charge in [-0.2, -0.15) is 0 Å². The minimum Gasteiger partial charge on any atom is -0.497 e. The minimum absolute atomic E-state index is 0.617. The molecule has 0 unspecified atom stereocenters. The molecule has 0 bridgehead atoms. The van der Waals surface area contributed by atoms with E-state index in [0.717, 1.165) is 50.1 Å². The number of hydrogen-bond donors (Lipinski definition) is 2. The second-order valence-corrected chi connectivity index (χ2v) is 5.27. The summed E-state index contributed by atoms with van der Waals surface area (Å²) in [5.41, 5.74) is 1.12. The first-order valence-corrected chi connectivity index (χ1v) is 8.02. The fourth-order valence-corrected chi connectivity index (χ4v) is 2.01. The third-order valence-corrected chi connectivity index (χ3v) is 3.36. The monoisotopic (exact) mass is 322 g/mol. The van der Waals surface area contributed by atoms with Crippen LogP contribution in [0.2, 0.25) is 0 Å². The molecule has 1 rings (SSSR count). The first-order chi connectivity index (χ1) is 11.2. The van der Waals surface area contributed by atoms with Gasteiger partial charge < -0.3 is 25.0 Å². The fraction of sp³-hybridized carbons (Fsp3) is 0.588. The van der Waals surface area contributed by atoms with Crippen molar-refractivity contribution in [2.24, 2.45) is 4.99 Å². The molecule has 0 aliphatic carbocycles. The average Bonchev–Trinajstić information content (AvgIpc) is 2.58. The number of rotatable bonds is 10. The predicted molar refractivity (Wildman–Crippen MR) is 95.2 cm³/mol. The van der Waals surface area contributed by atoms with E-state index in [4.69, 9.17) is 9.47 Å². The lowest BCUT2D eigenvalue weighted by atomic mass is 10.2. The van der Waals surface area contributed by atoms with Crippen LogP contribution in [-0.4, -0.2) is 64.9 Å². The minimum atomic E-state index is 0.617. The SMILES string of the molecule is CCNC(=NCc1cccc(OC)c1)NCCN(C)CCOC. The van der Waals surface area contributed by atoms with Gasteiger partial charge in [-0.3, -0.25) is 0 Å². The highest BCUT2D eigenvalue weighted by atomic mass is 16.5. The lowest BCUT2D eigenvalue weighted by molar-refractivity contribution is 0.162. The van der Waals surface area contributed by atoms with Crippen molar-refractivity contribution in [3.63, 3.8) is 0 Å². The third kappa shape index (κ3) is 8.42. The standard InChI is InChI=1S/C17H30N4O2/c1-5-18-17(19-9-10-21(2)11-12-22-3)20-14-15-7-6-8-16(13-15)23-4/h6-8,13H,5,9-12,14H2,1-4H3,(H2,18,19,20). The number of nitrogens with zero attached hydrogens (tertiary/aromatic N) is 2. The Morgan fingerprint density at radius 1 is 1.22 bits per heavy atom. The maximum atomic E-state index is 5.24. The molecule has 1 aromatic carbocycles. The molecule has 0 radical (unpaired) electrons. The topological polar surface area (TPSA) is 58.1 Å². The van der Waals surface area contributed by atoms with Crippen molar-refractivity contribution in [1.29, 1.82) is 0 Å². The number of benzene rings is 1. The zero-order chi connectivity index (χ0) is 16.9. The summed E-state index contributed by atoms with van der Waals surface area (Å²) in [6.07, 6.45) is 0. The number of nitrogens with one attached hydrogen (secondary N) is 2. The van der Waals surface area contributed by atoms with Crippen LogP contribution < -0.4 is 15.4 Å². The van der Waals surface area contributed by atoms with Crippen molar-refractivity contribution in [3.8, 4) is 5.75 Å². The van der Waals surface area contributed by atoms with Gasteiger partial charge in [0.1, 0.15) is 5.75 Å². The molecule has 6 nitrogen and oxygen atoms in total. The van der Waals surface area contributed by atoms with E-state index in [1.807, 2.05) is 24.3 Å². The number of ether oxygens (including phenoxy) is 2. The largest absolute Gasteiger partial charge is 0.497 e. The van der Waals surface area contributed by atoms with Crippen molar-refractivity contribution in [2.75, 3.05) is 54.1 Å². The molecule has 0 amide bonds. The second-order valence-electron chi connectivity index (χ2n) is 5.27. The van der Waals surface area contributed by atoms with E-state index in [1.54, 1.807) is 14.2 Å². The van der Waals surface area contributed by atoms with Crippen molar-refractivity contribution in [3.05, 3.63) is 29.8 Å². The van der Waals surface area contributed by atoms with E-state index in [1.165, 1.54) is 0 Å². The summed E-state index contributed by atoms with van der Waals surface area (Å²) < 4.78 is 10.3. The van der Waals surface area contributed by atoms with Crippen LogP contribution in [0, 0.1) is 0 Å². The van der Waals surface area contributed by atoms with Crippen molar-refractivity contribution in [2.45, 2.75) is 13.5 Å². The van der Waals surface area contributed by atoms with Gasteiger partial charge in [0.25, 0.3) is 0 Å². The smallest absolute Gasteiger partial charge is 0.191 e. The van der Waals surface area contributed by atoms with Gasteiger partial charge in [-0.25, -0.2) is 4.99 Å². The van der Waals surface area contributed by atoms with Gasteiger partial charge >= 0.3 is 0 Å². The normalized spacial score (nSPS) is 11.6. The van der Waals surface area contributed by atoms with Crippen LogP contribution in [0.1, 0.15) is 12.5 Å². The van der Waals surface area contributed by atoms with Gasteiger partial charge in [0, 0.05) is 33.3 Å². The Morgan fingerprint density at radius 3 is 2.74 bits per heavy atom. The van der Waals surface area contributed by atoms with Crippen LogP contribution >= 0.6 is 0 Å². The van der Waals surface area contributed by atoms with E-state index in [9.17, 15) is 0 Å². The van der Waals surface area contributed by atoms with Crippen LogP contribution in [0.5, 0.6) is 5.75 Å². The number of aliphatic imine (C=N–C) groups is 1. The molecule has 0 aliphatic heterocycles. The van der Waals surface area contributed by atoms with Crippen LogP contribution in [0.4, 0.5) is 0 Å². The van der Waals surface area contributed by atoms with E-state index in [2.05, 4.69) is 34.5 Å². The summed E-state index contributed by atoms with van der Waals surface area (Å²) in [6, 6.07) is 7.97. The molecule has 130 valence electrons. The number of likely N-dealkylation sites (N-methyl/N-ethyl adjacent to an activating group) is 1. The molecule has 0 saturated heterocycles. The molecule has 1 aromatic rings. The van der Waals surface area contributed by atoms with Gasteiger partial charge in [-0.1, -0.05) is 12.1 Å². The summed E-state index contributed by atoms with van der Waals surface area (Å²) in [5.74, 6) is 1.69. The Labute approximate surface area is 139 Å². The molecule has 6 heteroatoms. The van der Waals surface area contributed by atoms with E-state index < -0.39 is 0 Å². The highest BCUT2D eigenvalue weighted by molar-refractivity contribution is 5.79. The molecule has 0 heterocycles. The van der Waals surface area contributed by atoms with Gasteiger partial charge in [0.05, 0.1) is 20.3 Å². The van der Waals surface area contributed by atoms with Crippen LogP contribution in [0.15, 0.2) is 29.3 Å². The molecule has 23 heavy (non-hydrogen) atoms. The average molecular weight is 322 g/mol. The first-order valence-electron chi connectivity index (χ1n) is 8.02. The fourth-order valence-electron chi connectivity index (χ4n) is 2.01. The quantitative estimate of drug-likeness (QED) is 0.503. The lowest BCUT2D eigenvalue weighted by Gasteiger charge is -2.17. The Balaban J connectivity index is 2.46. The van der Waals surface area contributed by atoms with E-state index in [-0.39, 0.29) is 0 Å². The molecule has 2 N–H and O–H groups in total. The summed E-state index contributed by atoms with van der Waals surface area (Å²) in [7, 11) is 5.48. The summed E-state index contributed by atoms with van der Waals surface area (Å²) >= 11 is 0. The Morgan fingerprint density at radius 2 is 2.04 bits per heavy atom. The Kier molecular flexibility index (Phi) is 9.83. The van der Waals surface area contributed by atoms with E-state index in [0.29, 0.717) is 6.54 Å². The first kappa shape index (κ1) is 19.3. The highest BCUT2D eigenvalue weighted by Gasteiger charge is 2.01. The van der Waals surface area contributed by atoms with Gasteiger partial charge in [-0.15, -0.1) is 0 Å². The molecule has 0 aromatic heterocycles. The second kappa shape index (κ2) is 11.7. The summed E-state index contributed by atoms with van der Waals surface area (Å²) in [4.78, 5) is 6.84. The third-order valence-electron chi connectivity index (χ3n) is 3.36. The zero-order valence-corrected chi connectivity index (χ0v) is 14.8. The van der Waals surface area contributed by atoms with Crippen LogP contribution in [-0.2, 0) is 11.3 Å². The summed E-state index contributed by atoms with van der Waals surface area (Å²) in [5, 5.41) is 6.61. The Bertz CT molecular complexity index is 466. The molecular weight excluding hydrogens is 292 g/mol. The molecular formula is C17H30N4O2. The molecule has 0 aliphatic rings. The zero-order valence-electron chi connectivity index (χ0n) is 14.8. The van der Waals surface area contributed by atoms with Crippen molar-refractivity contribution < 1.29 is 9.47 Å². The van der Waals surface area contributed by atoms with Crippen molar-refractivity contribution >= 4 is 5.96 Å². The Hall–Kier alpha value is -1.79. The number of hydrogen-bond acceptors (Lipinski definition) is 4. The molecule has 0 atom stereocenters. The van der Waals surface area contributed by atoms with Crippen molar-refractivity contribution in [1.82, 2.24) is 15.5 Å². The van der Waals surface area contributed by atoms with Crippen LogP contribution in [0.3, 0.4) is 0 Å². The van der Waals surface area contributed by atoms with Gasteiger partial charge in [0.15, 0.2) is 5.96 Å². The van der Waals surface area contributed by atoms with Gasteiger partial charge in [0.2, 0.25) is 0 Å². The maximum Gasteiger partial charge on any atom is 0.191 e.